The number of rotatable bonds is 1. The lowest BCUT2D eigenvalue weighted by molar-refractivity contribution is 0.115. The molecule has 0 bridgehead atoms. The molecule has 0 aliphatic rings. The zero-order valence-corrected chi connectivity index (χ0v) is 5.76. The molecule has 0 fully saturated rings. The van der Waals surface area contributed by atoms with Crippen LogP contribution in [0.4, 0.5) is 4.79 Å². The maximum absolute atomic E-state index is 10.2. The number of aromatic nitrogens is 1. The highest BCUT2D eigenvalue weighted by molar-refractivity contribution is 5.65. The molecular formula is C5H6N2O5. The molecule has 0 aliphatic carbocycles. The largest absolute Gasteiger partial charge is 0.503 e. The van der Waals surface area contributed by atoms with Crippen LogP contribution in [-0.4, -0.2) is 26.1 Å². The molecule has 0 saturated carbocycles. The number of aromatic hydroxyl groups is 3. The highest BCUT2D eigenvalue weighted by Crippen LogP contribution is 2.31. The summed E-state index contributed by atoms with van der Waals surface area (Å²) < 4.78 is 0.289. The Morgan fingerprint density at radius 2 is 2.08 bits per heavy atom. The molecule has 0 aliphatic heterocycles. The van der Waals surface area contributed by atoms with Gasteiger partial charge < -0.3 is 25.9 Å². The van der Waals surface area contributed by atoms with Gasteiger partial charge in [0.25, 0.3) is 5.88 Å². The van der Waals surface area contributed by atoms with Gasteiger partial charge in [-0.25, -0.2) is 4.79 Å². The van der Waals surface area contributed by atoms with Crippen LogP contribution >= 0.6 is 0 Å². The maximum Gasteiger partial charge on any atom is 0.429 e. The van der Waals surface area contributed by atoms with Crippen molar-refractivity contribution in [2.24, 2.45) is 5.73 Å². The minimum Gasteiger partial charge on any atom is -0.503 e. The van der Waals surface area contributed by atoms with E-state index < -0.39 is 23.6 Å². The van der Waals surface area contributed by atoms with Crippen molar-refractivity contribution in [3.63, 3.8) is 0 Å². The quantitative estimate of drug-likeness (QED) is 0.440. The molecule has 12 heavy (non-hydrogen) atoms. The van der Waals surface area contributed by atoms with Crippen LogP contribution in [0.3, 0.4) is 0 Å². The molecule has 0 aromatic carbocycles. The zero-order chi connectivity index (χ0) is 9.30. The van der Waals surface area contributed by atoms with Gasteiger partial charge in [0.1, 0.15) is 0 Å². The first kappa shape index (κ1) is 8.05. The van der Waals surface area contributed by atoms with Gasteiger partial charge in [0.15, 0.2) is 5.75 Å². The van der Waals surface area contributed by atoms with E-state index in [-0.39, 0.29) is 4.73 Å². The molecule has 7 heteroatoms. The Hall–Kier alpha value is -2.05. The summed E-state index contributed by atoms with van der Waals surface area (Å²) in [4.78, 5) is 14.2. The lowest BCUT2D eigenvalue weighted by Gasteiger charge is -2.02. The van der Waals surface area contributed by atoms with Crippen molar-refractivity contribution in [3.8, 4) is 17.5 Å². The first-order valence-corrected chi connectivity index (χ1v) is 2.82. The molecule has 0 atom stereocenters. The number of carbonyl (C=O) groups excluding carboxylic acids is 1. The highest BCUT2D eigenvalue weighted by Gasteiger charge is 2.15. The highest BCUT2D eigenvalue weighted by atomic mass is 16.7. The van der Waals surface area contributed by atoms with Gasteiger partial charge in [-0.3, -0.25) is 0 Å². The summed E-state index contributed by atoms with van der Waals surface area (Å²) in [5.74, 6) is -2.05. The van der Waals surface area contributed by atoms with Gasteiger partial charge in [-0.05, 0) is 0 Å². The summed E-state index contributed by atoms with van der Waals surface area (Å²) >= 11 is 0. The van der Waals surface area contributed by atoms with Gasteiger partial charge >= 0.3 is 6.09 Å². The predicted molar refractivity (Wildman–Crippen MR) is 35.6 cm³/mol. The number of amides is 1. The third-order valence-corrected chi connectivity index (χ3v) is 1.08. The summed E-state index contributed by atoms with van der Waals surface area (Å²) in [6.45, 7) is 0. The fourth-order valence-corrected chi connectivity index (χ4v) is 0.638. The van der Waals surface area contributed by atoms with Crippen LogP contribution in [0, 0.1) is 0 Å². The third-order valence-electron chi connectivity index (χ3n) is 1.08. The topological polar surface area (TPSA) is 118 Å². The summed E-state index contributed by atoms with van der Waals surface area (Å²) in [6.07, 6.45) is -1.23. The fourth-order valence-electron chi connectivity index (χ4n) is 0.638. The number of hydrogen-bond acceptors (Lipinski definition) is 5. The van der Waals surface area contributed by atoms with Crippen molar-refractivity contribution in [2.75, 3.05) is 0 Å². The van der Waals surface area contributed by atoms with Crippen molar-refractivity contribution in [3.05, 3.63) is 6.07 Å². The molecule has 0 radical (unpaired) electrons. The SMILES string of the molecule is NC(=O)On1c(O)cc(O)c1O. The van der Waals surface area contributed by atoms with Gasteiger partial charge in [0.05, 0.1) is 0 Å². The Balaban J connectivity index is 3.05. The van der Waals surface area contributed by atoms with Gasteiger partial charge in [-0.1, -0.05) is 4.73 Å². The number of primary amides is 1. The molecule has 7 nitrogen and oxygen atoms in total. The minimum absolute atomic E-state index is 0.289. The second-order valence-electron chi connectivity index (χ2n) is 1.92. The van der Waals surface area contributed by atoms with Crippen molar-refractivity contribution in [1.29, 1.82) is 0 Å². The molecule has 1 amide bonds. The Morgan fingerprint density at radius 1 is 1.50 bits per heavy atom. The van der Waals surface area contributed by atoms with Crippen molar-refractivity contribution < 1.29 is 25.0 Å². The molecule has 0 saturated heterocycles. The Labute approximate surface area is 66.2 Å². The Bertz CT molecular complexity index is 318. The van der Waals surface area contributed by atoms with E-state index in [0.29, 0.717) is 0 Å². The average Bonchev–Trinajstić information content (AvgIpc) is 2.16. The number of nitrogens with zero attached hydrogens (tertiary/aromatic N) is 1. The number of carbonyl (C=O) groups is 1. The van der Waals surface area contributed by atoms with Crippen LogP contribution in [0.1, 0.15) is 0 Å². The van der Waals surface area contributed by atoms with E-state index in [0.717, 1.165) is 6.07 Å². The molecule has 0 unspecified atom stereocenters. The standard InChI is InChI=1S/C5H6N2O5/c6-5(11)12-7-3(9)1-2(8)4(7)10/h1,8-10H,(H2,6,11). The monoisotopic (exact) mass is 174 g/mol. The summed E-state index contributed by atoms with van der Waals surface area (Å²) in [5, 5.41) is 26.5. The van der Waals surface area contributed by atoms with Crippen LogP contribution in [-0.2, 0) is 0 Å². The fraction of sp³-hybridized carbons (Fsp3) is 0. The predicted octanol–water partition coefficient (Wildman–Crippen LogP) is -0.888. The molecule has 5 N–H and O–H groups in total. The number of nitrogens with two attached hydrogens (primary N) is 1. The smallest absolute Gasteiger partial charge is 0.429 e. The minimum atomic E-state index is -1.23. The zero-order valence-electron chi connectivity index (χ0n) is 5.76. The van der Waals surface area contributed by atoms with Crippen LogP contribution in [0.2, 0.25) is 0 Å². The molecule has 1 heterocycles. The molecule has 1 aromatic rings. The van der Waals surface area contributed by atoms with E-state index in [1.807, 2.05) is 0 Å². The molecule has 0 spiro atoms. The van der Waals surface area contributed by atoms with Gasteiger partial charge in [-0.15, -0.1) is 0 Å². The second-order valence-corrected chi connectivity index (χ2v) is 1.92. The first-order chi connectivity index (χ1) is 5.52. The van der Waals surface area contributed by atoms with E-state index in [4.69, 9.17) is 15.3 Å². The maximum atomic E-state index is 10.2. The van der Waals surface area contributed by atoms with Crippen LogP contribution in [0.15, 0.2) is 6.07 Å². The summed E-state index contributed by atoms with van der Waals surface area (Å²) in [7, 11) is 0. The summed E-state index contributed by atoms with van der Waals surface area (Å²) in [6, 6.07) is 0.790. The van der Waals surface area contributed by atoms with E-state index in [1.165, 1.54) is 0 Å². The van der Waals surface area contributed by atoms with Crippen molar-refractivity contribution in [2.45, 2.75) is 0 Å². The average molecular weight is 174 g/mol. The van der Waals surface area contributed by atoms with Crippen molar-refractivity contribution in [1.82, 2.24) is 4.73 Å². The van der Waals surface area contributed by atoms with E-state index >= 15 is 0 Å². The Kier molecular flexibility index (Phi) is 1.70. The van der Waals surface area contributed by atoms with Crippen LogP contribution in [0.25, 0.3) is 0 Å². The normalized spacial score (nSPS) is 9.67. The van der Waals surface area contributed by atoms with E-state index in [9.17, 15) is 4.79 Å². The first-order valence-electron chi connectivity index (χ1n) is 2.82. The Morgan fingerprint density at radius 3 is 2.42 bits per heavy atom. The van der Waals surface area contributed by atoms with E-state index in [1.54, 1.807) is 0 Å². The van der Waals surface area contributed by atoms with Crippen molar-refractivity contribution >= 4 is 6.09 Å². The van der Waals surface area contributed by atoms with Gasteiger partial charge in [0.2, 0.25) is 5.88 Å². The van der Waals surface area contributed by atoms with Gasteiger partial charge in [0, 0.05) is 6.07 Å². The summed E-state index contributed by atoms with van der Waals surface area (Å²) in [5.41, 5.74) is 4.59. The second kappa shape index (κ2) is 2.53. The lowest BCUT2D eigenvalue weighted by atomic mass is 10.6. The molecule has 66 valence electrons. The lowest BCUT2D eigenvalue weighted by Crippen LogP contribution is -2.24. The molecular weight excluding hydrogens is 168 g/mol. The van der Waals surface area contributed by atoms with E-state index in [2.05, 4.69) is 10.6 Å². The van der Waals surface area contributed by atoms with Gasteiger partial charge in [-0.2, -0.15) is 0 Å². The number of hydrogen-bond donors (Lipinski definition) is 4. The van der Waals surface area contributed by atoms with Crippen LogP contribution < -0.4 is 10.6 Å². The van der Waals surface area contributed by atoms with Crippen LogP contribution in [0.5, 0.6) is 17.5 Å². The third kappa shape index (κ3) is 1.19. The molecule has 1 aromatic heterocycles. The molecule has 1 rings (SSSR count).